The van der Waals surface area contributed by atoms with E-state index in [1.165, 1.54) is 0 Å². The topological polar surface area (TPSA) is 58.6 Å². The number of nitrogens with one attached hydrogen (secondary N) is 1. The fourth-order valence-electron chi connectivity index (χ4n) is 3.57. The number of ether oxygens (including phenoxy) is 1. The van der Waals surface area contributed by atoms with Crippen LogP contribution in [-0.2, 0) is 16.1 Å². The summed E-state index contributed by atoms with van der Waals surface area (Å²) in [4.78, 5) is 27.5. The molecule has 0 aromatic heterocycles. The molecule has 1 atom stereocenters. The summed E-state index contributed by atoms with van der Waals surface area (Å²) in [6, 6.07) is 14.4. The number of hydrogen-bond acceptors (Lipinski definition) is 3. The molecule has 7 heteroatoms. The maximum atomic E-state index is 13.1. The van der Waals surface area contributed by atoms with Crippen LogP contribution in [0.25, 0.3) is 0 Å². The average Bonchev–Trinajstić information content (AvgIpc) is 3.24. The van der Waals surface area contributed by atoms with E-state index in [0.29, 0.717) is 21.8 Å². The summed E-state index contributed by atoms with van der Waals surface area (Å²) in [7, 11) is 0. The molecule has 0 spiro atoms. The van der Waals surface area contributed by atoms with Gasteiger partial charge in [-0.15, -0.1) is 0 Å². The van der Waals surface area contributed by atoms with Crippen molar-refractivity contribution in [2.45, 2.75) is 51.2 Å². The van der Waals surface area contributed by atoms with Gasteiger partial charge >= 0.3 is 0 Å². The Hall–Kier alpha value is -2.05. The molecule has 0 saturated heterocycles. The number of carbonyl (C=O) groups excluding carboxylic acids is 2. The minimum Gasteiger partial charge on any atom is -0.483 e. The van der Waals surface area contributed by atoms with Crippen molar-refractivity contribution in [1.82, 2.24) is 10.2 Å². The summed E-state index contributed by atoms with van der Waals surface area (Å²) < 4.78 is 6.38. The van der Waals surface area contributed by atoms with Gasteiger partial charge in [-0.05, 0) is 59.5 Å². The zero-order valence-electron chi connectivity index (χ0n) is 16.9. The zero-order chi connectivity index (χ0) is 21.5. The highest BCUT2D eigenvalue weighted by molar-refractivity contribution is 9.10. The predicted octanol–water partition coefficient (Wildman–Crippen LogP) is 4.96. The molecule has 0 heterocycles. The first kappa shape index (κ1) is 22.6. The SMILES string of the molecule is C[C@@H](C(=O)NC1CCCC1)N(Cc1ccccc1)C(=O)COc1ccc(Cl)cc1Br. The summed E-state index contributed by atoms with van der Waals surface area (Å²) >= 11 is 9.35. The number of amides is 2. The van der Waals surface area contributed by atoms with Crippen LogP contribution in [0.5, 0.6) is 5.75 Å². The molecular weight excluding hydrogens is 468 g/mol. The Bertz CT molecular complexity index is 872. The van der Waals surface area contributed by atoms with Gasteiger partial charge in [0.25, 0.3) is 5.91 Å². The van der Waals surface area contributed by atoms with Gasteiger partial charge in [0.05, 0.1) is 4.47 Å². The van der Waals surface area contributed by atoms with Crippen LogP contribution in [0.2, 0.25) is 5.02 Å². The lowest BCUT2D eigenvalue weighted by atomic mass is 10.1. The first-order chi connectivity index (χ1) is 14.4. The minimum atomic E-state index is -0.601. The minimum absolute atomic E-state index is 0.126. The van der Waals surface area contributed by atoms with Crippen molar-refractivity contribution in [1.29, 1.82) is 0 Å². The molecule has 1 saturated carbocycles. The summed E-state index contributed by atoms with van der Waals surface area (Å²) in [5.41, 5.74) is 0.957. The van der Waals surface area contributed by atoms with E-state index >= 15 is 0 Å². The molecule has 1 N–H and O–H groups in total. The zero-order valence-corrected chi connectivity index (χ0v) is 19.3. The van der Waals surface area contributed by atoms with Gasteiger partial charge in [-0.3, -0.25) is 9.59 Å². The van der Waals surface area contributed by atoms with Crippen LogP contribution in [0, 0.1) is 0 Å². The van der Waals surface area contributed by atoms with Crippen molar-refractivity contribution in [3.8, 4) is 5.75 Å². The second kappa shape index (κ2) is 10.8. The van der Waals surface area contributed by atoms with Crippen LogP contribution in [0.4, 0.5) is 0 Å². The Labute approximate surface area is 190 Å². The number of rotatable bonds is 8. The maximum absolute atomic E-state index is 13.1. The highest BCUT2D eigenvalue weighted by Gasteiger charge is 2.28. The molecule has 1 aliphatic rings. The molecule has 1 aliphatic carbocycles. The van der Waals surface area contributed by atoms with E-state index in [1.54, 1.807) is 30.0 Å². The molecule has 0 aliphatic heterocycles. The maximum Gasteiger partial charge on any atom is 0.261 e. The molecule has 2 aromatic rings. The number of nitrogens with zero attached hydrogens (tertiary/aromatic N) is 1. The van der Waals surface area contributed by atoms with Gasteiger partial charge in [0.1, 0.15) is 11.8 Å². The van der Waals surface area contributed by atoms with Crippen molar-refractivity contribution in [3.63, 3.8) is 0 Å². The Morgan fingerprint density at radius 2 is 1.90 bits per heavy atom. The van der Waals surface area contributed by atoms with Crippen molar-refractivity contribution in [3.05, 3.63) is 63.6 Å². The molecule has 2 amide bonds. The van der Waals surface area contributed by atoms with E-state index in [9.17, 15) is 9.59 Å². The van der Waals surface area contributed by atoms with Crippen LogP contribution >= 0.6 is 27.5 Å². The van der Waals surface area contributed by atoms with Gasteiger partial charge < -0.3 is 15.0 Å². The second-order valence-corrected chi connectivity index (χ2v) is 8.83. The van der Waals surface area contributed by atoms with Gasteiger partial charge in [-0.1, -0.05) is 54.8 Å². The third kappa shape index (κ3) is 6.22. The number of hydrogen-bond donors (Lipinski definition) is 1. The normalized spacial score (nSPS) is 14.9. The Morgan fingerprint density at radius 3 is 2.57 bits per heavy atom. The van der Waals surface area contributed by atoms with Crippen molar-refractivity contribution in [2.24, 2.45) is 0 Å². The third-order valence-electron chi connectivity index (χ3n) is 5.31. The lowest BCUT2D eigenvalue weighted by Gasteiger charge is -2.29. The van der Waals surface area contributed by atoms with Crippen LogP contribution in [-0.4, -0.2) is 35.4 Å². The highest BCUT2D eigenvalue weighted by atomic mass is 79.9. The fraction of sp³-hybridized carbons (Fsp3) is 0.391. The summed E-state index contributed by atoms with van der Waals surface area (Å²) in [5, 5.41) is 3.67. The third-order valence-corrected chi connectivity index (χ3v) is 6.16. The van der Waals surface area contributed by atoms with Gasteiger partial charge in [-0.25, -0.2) is 0 Å². The van der Waals surface area contributed by atoms with Gasteiger partial charge in [0.15, 0.2) is 6.61 Å². The molecule has 3 rings (SSSR count). The first-order valence-electron chi connectivity index (χ1n) is 10.2. The van der Waals surface area contributed by atoms with Crippen LogP contribution in [0.1, 0.15) is 38.2 Å². The molecule has 0 radical (unpaired) electrons. The van der Waals surface area contributed by atoms with Crippen molar-refractivity contribution in [2.75, 3.05) is 6.61 Å². The molecule has 30 heavy (non-hydrogen) atoms. The van der Waals surface area contributed by atoms with Crippen LogP contribution in [0.15, 0.2) is 53.0 Å². The van der Waals surface area contributed by atoms with E-state index < -0.39 is 6.04 Å². The van der Waals surface area contributed by atoms with Crippen LogP contribution in [0.3, 0.4) is 0 Å². The largest absolute Gasteiger partial charge is 0.483 e. The predicted molar refractivity (Wildman–Crippen MR) is 121 cm³/mol. The second-order valence-electron chi connectivity index (χ2n) is 7.54. The number of carbonyl (C=O) groups is 2. The van der Waals surface area contributed by atoms with Gasteiger partial charge in [-0.2, -0.15) is 0 Å². The summed E-state index contributed by atoms with van der Waals surface area (Å²) in [6.45, 7) is 1.93. The Balaban J connectivity index is 1.70. The monoisotopic (exact) mass is 492 g/mol. The van der Waals surface area contributed by atoms with E-state index in [1.807, 2.05) is 30.3 Å². The molecule has 0 bridgehead atoms. The van der Waals surface area contributed by atoms with Gasteiger partial charge in [0.2, 0.25) is 5.91 Å². The fourth-order valence-corrected chi connectivity index (χ4v) is 4.37. The Morgan fingerprint density at radius 1 is 1.20 bits per heavy atom. The lowest BCUT2D eigenvalue weighted by molar-refractivity contribution is -0.142. The lowest BCUT2D eigenvalue weighted by Crippen LogP contribution is -2.50. The molecule has 2 aromatic carbocycles. The van der Waals surface area contributed by atoms with E-state index in [2.05, 4.69) is 21.2 Å². The smallest absolute Gasteiger partial charge is 0.261 e. The van der Waals surface area contributed by atoms with Gasteiger partial charge in [0, 0.05) is 17.6 Å². The molecule has 0 unspecified atom stereocenters. The average molecular weight is 494 g/mol. The van der Waals surface area contributed by atoms with Crippen LogP contribution < -0.4 is 10.1 Å². The quantitative estimate of drug-likeness (QED) is 0.566. The number of halogens is 2. The first-order valence-corrected chi connectivity index (χ1v) is 11.3. The highest BCUT2D eigenvalue weighted by Crippen LogP contribution is 2.28. The molecular formula is C23H26BrClN2O3. The van der Waals surface area contributed by atoms with E-state index in [4.69, 9.17) is 16.3 Å². The molecule has 160 valence electrons. The molecule has 1 fully saturated rings. The van der Waals surface area contributed by atoms with E-state index in [0.717, 1.165) is 31.2 Å². The molecule has 5 nitrogen and oxygen atoms in total. The Kier molecular flexibility index (Phi) is 8.16. The van der Waals surface area contributed by atoms with Crippen molar-refractivity contribution < 1.29 is 14.3 Å². The summed E-state index contributed by atoms with van der Waals surface area (Å²) in [5.74, 6) is 0.143. The number of benzene rings is 2. The van der Waals surface area contributed by atoms with Crippen molar-refractivity contribution >= 4 is 39.3 Å². The summed E-state index contributed by atoms with van der Waals surface area (Å²) in [6.07, 6.45) is 4.27. The standard InChI is InChI=1S/C23H26BrClN2O3/c1-16(23(29)26-19-9-5-6-10-19)27(14-17-7-3-2-4-8-17)22(28)15-30-21-12-11-18(25)13-20(21)24/h2-4,7-8,11-13,16,19H,5-6,9-10,14-15H2,1H3,(H,26,29)/t16-/m0/s1. The van der Waals surface area contributed by atoms with E-state index in [-0.39, 0.29) is 24.5 Å².